The fraction of sp³-hybridized carbons (Fsp3) is 0.448. The lowest BCUT2D eigenvalue weighted by Crippen LogP contribution is -2.47. The summed E-state index contributed by atoms with van der Waals surface area (Å²) in [5.74, 6) is 8.58. The third-order valence-electron chi connectivity index (χ3n) is 6.94. The summed E-state index contributed by atoms with van der Waals surface area (Å²) in [5.41, 5.74) is 1.80. The summed E-state index contributed by atoms with van der Waals surface area (Å²) >= 11 is 6.65. The first-order chi connectivity index (χ1) is 20.1. The second-order valence-electron chi connectivity index (χ2n) is 9.52. The second-order valence-corrected chi connectivity index (χ2v) is 9.93. The molecule has 3 heterocycles. The monoisotopic (exact) mass is 585 g/mol. The number of piperazine rings is 1. The highest BCUT2D eigenvalue weighted by Gasteiger charge is 2.25. The van der Waals surface area contributed by atoms with Gasteiger partial charge in [-0.15, -0.1) is 0 Å². The van der Waals surface area contributed by atoms with Gasteiger partial charge < -0.3 is 33.9 Å². The van der Waals surface area contributed by atoms with Crippen LogP contribution in [0.25, 0.3) is 10.9 Å². The lowest BCUT2D eigenvalue weighted by atomic mass is 10.1. The molecule has 0 aliphatic carbocycles. The summed E-state index contributed by atoms with van der Waals surface area (Å²) in [4.78, 5) is 13.4. The number of nitrogens with one attached hydrogen (secondary N) is 1. The number of nitrogens with zero attached hydrogens (tertiary/aromatic N) is 4. The first kappa shape index (κ1) is 29.0. The predicted molar refractivity (Wildman–Crippen MR) is 155 cm³/mol. The number of rotatable bonds is 11. The fourth-order valence-corrected chi connectivity index (χ4v) is 5.07. The van der Waals surface area contributed by atoms with E-state index in [9.17, 15) is 4.39 Å². The summed E-state index contributed by atoms with van der Waals surface area (Å²) in [7, 11) is 3.18. The van der Waals surface area contributed by atoms with Crippen LogP contribution in [0.3, 0.4) is 0 Å². The Morgan fingerprint density at radius 3 is 2.56 bits per heavy atom. The molecule has 2 aliphatic rings. The number of methoxy groups -OCH3 is 2. The lowest BCUT2D eigenvalue weighted by Gasteiger charge is -2.34. The number of anilines is 2. The van der Waals surface area contributed by atoms with Gasteiger partial charge in [-0.1, -0.05) is 23.4 Å². The minimum absolute atomic E-state index is 0.0533. The van der Waals surface area contributed by atoms with Crippen LogP contribution in [0.5, 0.6) is 23.0 Å². The molecule has 3 aromatic rings. The molecule has 218 valence electrons. The number of ether oxygens (including phenoxy) is 5. The maximum absolute atomic E-state index is 12.6. The molecule has 0 spiro atoms. The van der Waals surface area contributed by atoms with Crippen molar-refractivity contribution in [3.05, 3.63) is 35.1 Å². The Balaban J connectivity index is 1.29. The fourth-order valence-electron chi connectivity index (χ4n) is 4.83. The van der Waals surface area contributed by atoms with Gasteiger partial charge in [-0.25, -0.2) is 14.4 Å². The van der Waals surface area contributed by atoms with Gasteiger partial charge in [0.25, 0.3) is 0 Å². The third kappa shape index (κ3) is 6.85. The highest BCUT2D eigenvalue weighted by molar-refractivity contribution is 6.34. The van der Waals surface area contributed by atoms with Crippen LogP contribution < -0.4 is 24.3 Å². The van der Waals surface area contributed by atoms with Gasteiger partial charge in [0.1, 0.15) is 31.1 Å². The SMILES string of the molecule is COCC#Cc1cc(Cl)c(Nc2ncnc3cc(OCCCN4CCN(CCF)CC4)c(OC)cc23)c2c1OCO2. The highest BCUT2D eigenvalue weighted by atomic mass is 35.5. The molecular formula is C29H33ClFN5O5. The van der Waals surface area contributed by atoms with Crippen molar-refractivity contribution >= 4 is 34.0 Å². The summed E-state index contributed by atoms with van der Waals surface area (Å²) in [6.45, 7) is 5.71. The van der Waals surface area contributed by atoms with E-state index in [1.54, 1.807) is 20.3 Å². The summed E-state index contributed by atoms with van der Waals surface area (Å²) in [5, 5.41) is 4.41. The molecular weight excluding hydrogens is 553 g/mol. The van der Waals surface area contributed by atoms with Crippen LogP contribution in [-0.2, 0) is 4.74 Å². The Morgan fingerprint density at radius 1 is 1.02 bits per heavy atom. The topological polar surface area (TPSA) is 90.4 Å². The second kappa shape index (κ2) is 13.9. The molecule has 1 fully saturated rings. The Kier molecular flexibility index (Phi) is 9.80. The van der Waals surface area contributed by atoms with Gasteiger partial charge in [-0.3, -0.25) is 4.90 Å². The number of halogens is 2. The standard InChI is InChI=1S/C29H33ClFN5O5/c1-37-13-3-5-20-15-22(30)26(28-27(20)40-19-41-28)34-29-21-16-24(38-2)25(17-23(21)32-18-33-29)39-14-4-7-35-9-11-36(8-6-31)12-10-35/h15-18H,4,6-14,19H2,1-2H3,(H,32,33,34). The number of hydrogen-bond donors (Lipinski definition) is 1. The van der Waals surface area contributed by atoms with Crippen LogP contribution in [0.15, 0.2) is 24.5 Å². The Bertz CT molecular complexity index is 1420. The van der Waals surface area contributed by atoms with Crippen molar-refractivity contribution < 1.29 is 28.1 Å². The number of alkyl halides is 1. The average molecular weight is 586 g/mol. The van der Waals surface area contributed by atoms with Crippen LogP contribution in [0.1, 0.15) is 12.0 Å². The van der Waals surface area contributed by atoms with E-state index in [0.717, 1.165) is 44.5 Å². The summed E-state index contributed by atoms with van der Waals surface area (Å²) < 4.78 is 40.8. The molecule has 0 unspecified atom stereocenters. The van der Waals surface area contributed by atoms with E-state index in [1.165, 1.54) is 6.33 Å². The molecule has 1 N–H and O–H groups in total. The molecule has 0 atom stereocenters. The molecule has 2 aliphatic heterocycles. The van der Waals surface area contributed by atoms with E-state index in [2.05, 4.69) is 36.9 Å². The zero-order chi connectivity index (χ0) is 28.6. The number of hydrogen-bond acceptors (Lipinski definition) is 10. The molecule has 0 amide bonds. The maximum atomic E-state index is 12.6. The quantitative estimate of drug-likeness (QED) is 0.262. The van der Waals surface area contributed by atoms with Crippen molar-refractivity contribution in [2.24, 2.45) is 0 Å². The van der Waals surface area contributed by atoms with Crippen LogP contribution >= 0.6 is 11.6 Å². The Morgan fingerprint density at radius 2 is 1.80 bits per heavy atom. The van der Waals surface area contributed by atoms with Gasteiger partial charge in [0.2, 0.25) is 6.79 Å². The molecule has 0 radical (unpaired) electrons. The van der Waals surface area contributed by atoms with Gasteiger partial charge in [0.15, 0.2) is 23.0 Å². The van der Waals surface area contributed by atoms with Gasteiger partial charge in [0, 0.05) is 57.8 Å². The number of benzene rings is 2. The van der Waals surface area contributed by atoms with Crippen molar-refractivity contribution in [1.29, 1.82) is 0 Å². The molecule has 1 saturated heterocycles. The normalized spacial score (nSPS) is 15.0. The molecule has 5 rings (SSSR count). The van der Waals surface area contributed by atoms with E-state index >= 15 is 0 Å². The number of aromatic nitrogens is 2. The molecule has 0 bridgehead atoms. The highest BCUT2D eigenvalue weighted by Crippen LogP contribution is 2.47. The van der Waals surface area contributed by atoms with Crippen LogP contribution in [0.2, 0.25) is 5.02 Å². The zero-order valence-corrected chi connectivity index (χ0v) is 23.9. The first-order valence-corrected chi connectivity index (χ1v) is 13.8. The van der Waals surface area contributed by atoms with E-state index in [-0.39, 0.29) is 20.1 Å². The first-order valence-electron chi connectivity index (χ1n) is 13.4. The molecule has 2 aromatic carbocycles. The van der Waals surface area contributed by atoms with Crippen molar-refractivity contribution in [3.8, 4) is 34.8 Å². The van der Waals surface area contributed by atoms with Crippen molar-refractivity contribution in [1.82, 2.24) is 19.8 Å². The predicted octanol–water partition coefficient (Wildman–Crippen LogP) is 4.12. The molecule has 10 nitrogen and oxygen atoms in total. The molecule has 41 heavy (non-hydrogen) atoms. The van der Waals surface area contributed by atoms with Gasteiger partial charge in [-0.05, 0) is 18.6 Å². The zero-order valence-electron chi connectivity index (χ0n) is 23.2. The summed E-state index contributed by atoms with van der Waals surface area (Å²) in [6, 6.07) is 5.41. The van der Waals surface area contributed by atoms with Gasteiger partial charge in [-0.2, -0.15) is 0 Å². The molecule has 12 heteroatoms. The average Bonchev–Trinajstić information content (AvgIpc) is 3.48. The van der Waals surface area contributed by atoms with Gasteiger partial charge in [0.05, 0.1) is 29.8 Å². The lowest BCUT2D eigenvalue weighted by molar-refractivity contribution is 0.120. The molecule has 1 aromatic heterocycles. The van der Waals surface area contributed by atoms with Crippen molar-refractivity contribution in [2.45, 2.75) is 6.42 Å². The van der Waals surface area contributed by atoms with Crippen molar-refractivity contribution in [3.63, 3.8) is 0 Å². The number of fused-ring (bicyclic) bond motifs is 2. The minimum atomic E-state index is -0.290. The van der Waals surface area contributed by atoms with E-state index in [4.69, 9.17) is 35.3 Å². The van der Waals surface area contributed by atoms with E-state index in [0.29, 0.717) is 63.8 Å². The van der Waals surface area contributed by atoms with E-state index < -0.39 is 0 Å². The molecule has 0 saturated carbocycles. The summed E-state index contributed by atoms with van der Waals surface area (Å²) in [6.07, 6.45) is 2.33. The Hall–Kier alpha value is -3.56. The maximum Gasteiger partial charge on any atom is 0.231 e. The van der Waals surface area contributed by atoms with Crippen LogP contribution in [0, 0.1) is 11.8 Å². The van der Waals surface area contributed by atoms with Crippen LogP contribution in [0.4, 0.5) is 15.9 Å². The largest absolute Gasteiger partial charge is 0.493 e. The van der Waals surface area contributed by atoms with Crippen LogP contribution in [-0.4, -0.2) is 99.9 Å². The smallest absolute Gasteiger partial charge is 0.231 e. The van der Waals surface area contributed by atoms with Gasteiger partial charge >= 0.3 is 0 Å². The Labute approximate surface area is 243 Å². The van der Waals surface area contributed by atoms with Crippen molar-refractivity contribution in [2.75, 3.05) is 85.5 Å². The van der Waals surface area contributed by atoms with E-state index in [1.807, 2.05) is 12.1 Å². The third-order valence-corrected chi connectivity index (χ3v) is 7.24. The minimum Gasteiger partial charge on any atom is -0.493 e.